The number of hydrogen-bond donors (Lipinski definition) is 1. The van der Waals surface area contributed by atoms with E-state index in [1.807, 2.05) is 37.3 Å². The van der Waals surface area contributed by atoms with Crippen LogP contribution in [0.1, 0.15) is 30.4 Å². The Kier molecular flexibility index (Phi) is 4.47. The lowest BCUT2D eigenvalue weighted by Gasteiger charge is -2.16. The van der Waals surface area contributed by atoms with Gasteiger partial charge in [0.25, 0.3) is 0 Å². The zero-order valence-corrected chi connectivity index (χ0v) is 13.2. The summed E-state index contributed by atoms with van der Waals surface area (Å²) in [6.45, 7) is 1.93. The minimum Gasteiger partial charge on any atom is -0.507 e. The van der Waals surface area contributed by atoms with E-state index in [2.05, 4.69) is 0 Å². The van der Waals surface area contributed by atoms with Crippen molar-refractivity contribution in [2.24, 2.45) is 0 Å². The first-order valence-electron chi connectivity index (χ1n) is 7.78. The smallest absolute Gasteiger partial charge is 0.343 e. The Morgan fingerprint density at radius 2 is 1.75 bits per heavy atom. The molecule has 0 aliphatic heterocycles. The predicted molar refractivity (Wildman–Crippen MR) is 90.6 cm³/mol. The molecular weight excluding hydrogens is 307 g/mol. The Hall–Kier alpha value is -2.88. The third-order valence-corrected chi connectivity index (χ3v) is 4.06. The van der Waals surface area contributed by atoms with Crippen molar-refractivity contribution >= 4 is 0 Å². The molecule has 3 nitrogen and oxygen atoms in total. The summed E-state index contributed by atoms with van der Waals surface area (Å²) in [6.07, 6.45) is 0.626. The Morgan fingerprint density at radius 3 is 2.38 bits per heavy atom. The molecule has 0 aliphatic carbocycles. The molecule has 4 heteroatoms. The van der Waals surface area contributed by atoms with E-state index in [4.69, 9.17) is 4.42 Å². The molecule has 1 atom stereocenters. The highest BCUT2D eigenvalue weighted by Crippen LogP contribution is 2.34. The first-order valence-corrected chi connectivity index (χ1v) is 7.78. The molecule has 1 aromatic heterocycles. The molecule has 0 aliphatic rings. The van der Waals surface area contributed by atoms with Gasteiger partial charge in [0.1, 0.15) is 17.3 Å². The maximum atomic E-state index is 13.9. The molecule has 24 heavy (non-hydrogen) atoms. The molecule has 3 rings (SSSR count). The summed E-state index contributed by atoms with van der Waals surface area (Å²) in [5.74, 6) is -0.956. The largest absolute Gasteiger partial charge is 0.507 e. The highest BCUT2D eigenvalue weighted by molar-refractivity contribution is 5.60. The lowest BCUT2D eigenvalue weighted by atomic mass is 9.89. The topological polar surface area (TPSA) is 50.4 Å². The quantitative estimate of drug-likeness (QED) is 0.757. The van der Waals surface area contributed by atoms with E-state index in [0.717, 1.165) is 5.56 Å². The van der Waals surface area contributed by atoms with Crippen LogP contribution in [0.4, 0.5) is 4.39 Å². The zero-order valence-electron chi connectivity index (χ0n) is 13.2. The molecular formula is C20H17FO3. The molecule has 122 valence electrons. The third kappa shape index (κ3) is 2.95. The molecule has 1 unspecified atom stereocenters. The molecule has 0 bridgehead atoms. The van der Waals surface area contributed by atoms with Gasteiger partial charge in [0.2, 0.25) is 0 Å². The fraction of sp³-hybridized carbons (Fsp3) is 0.150. The zero-order chi connectivity index (χ0) is 17.1. The van der Waals surface area contributed by atoms with E-state index in [1.165, 1.54) is 18.2 Å². The maximum Gasteiger partial charge on any atom is 0.343 e. The second-order valence-corrected chi connectivity index (χ2v) is 5.55. The van der Waals surface area contributed by atoms with Crippen LogP contribution >= 0.6 is 0 Å². The van der Waals surface area contributed by atoms with Crippen LogP contribution in [-0.2, 0) is 0 Å². The standard InChI is InChI=1S/C20H17FO3/c1-2-14(13-8-4-3-5-9-13)19-17(22)12-18(24-20(19)23)15-10-6-7-11-16(15)21/h3-12,14,22H,2H2,1H3. The highest BCUT2D eigenvalue weighted by Gasteiger charge is 2.22. The molecule has 1 heterocycles. The third-order valence-electron chi connectivity index (χ3n) is 4.06. The summed E-state index contributed by atoms with van der Waals surface area (Å²) in [5.41, 5.74) is 0.609. The maximum absolute atomic E-state index is 13.9. The van der Waals surface area contributed by atoms with Gasteiger partial charge in [-0.25, -0.2) is 9.18 Å². The van der Waals surface area contributed by atoms with Crippen molar-refractivity contribution < 1.29 is 13.9 Å². The van der Waals surface area contributed by atoms with E-state index in [9.17, 15) is 14.3 Å². The minimum absolute atomic E-state index is 0.0160. The SMILES string of the molecule is CCC(c1ccccc1)c1c(O)cc(-c2ccccc2F)oc1=O. The lowest BCUT2D eigenvalue weighted by molar-refractivity contribution is 0.433. The van der Waals surface area contributed by atoms with Crippen molar-refractivity contribution in [3.8, 4) is 17.1 Å². The average Bonchev–Trinajstić information content (AvgIpc) is 2.59. The van der Waals surface area contributed by atoms with Crippen molar-refractivity contribution in [2.75, 3.05) is 0 Å². The van der Waals surface area contributed by atoms with Gasteiger partial charge in [-0.15, -0.1) is 0 Å². The van der Waals surface area contributed by atoms with Crippen molar-refractivity contribution in [3.63, 3.8) is 0 Å². The van der Waals surface area contributed by atoms with E-state index in [1.54, 1.807) is 12.1 Å². The van der Waals surface area contributed by atoms with Crippen molar-refractivity contribution in [1.82, 2.24) is 0 Å². The molecule has 0 saturated carbocycles. The minimum atomic E-state index is -0.649. The first-order chi connectivity index (χ1) is 11.6. The van der Waals surface area contributed by atoms with Crippen LogP contribution in [0.3, 0.4) is 0 Å². The monoisotopic (exact) mass is 324 g/mol. The number of halogens is 1. The summed E-state index contributed by atoms with van der Waals surface area (Å²) in [6, 6.07) is 16.7. The lowest BCUT2D eigenvalue weighted by Crippen LogP contribution is -2.14. The number of rotatable bonds is 4. The van der Waals surface area contributed by atoms with Gasteiger partial charge in [-0.1, -0.05) is 49.4 Å². The van der Waals surface area contributed by atoms with Crippen molar-refractivity contribution in [2.45, 2.75) is 19.3 Å². The molecule has 1 N–H and O–H groups in total. The van der Waals surface area contributed by atoms with Gasteiger partial charge in [0.05, 0.1) is 11.1 Å². The molecule has 0 saturated heterocycles. The Labute approximate surface area is 139 Å². The molecule has 0 amide bonds. The van der Waals surface area contributed by atoms with Gasteiger partial charge in [-0.05, 0) is 24.1 Å². The van der Waals surface area contributed by atoms with Gasteiger partial charge in [0.15, 0.2) is 0 Å². The number of hydrogen-bond acceptors (Lipinski definition) is 3. The average molecular weight is 324 g/mol. The second-order valence-electron chi connectivity index (χ2n) is 5.55. The highest BCUT2D eigenvalue weighted by atomic mass is 19.1. The normalized spacial score (nSPS) is 12.1. The Morgan fingerprint density at radius 1 is 1.08 bits per heavy atom. The number of aromatic hydroxyl groups is 1. The van der Waals surface area contributed by atoms with Crippen LogP contribution < -0.4 is 5.63 Å². The summed E-state index contributed by atoms with van der Waals surface area (Å²) < 4.78 is 19.2. The van der Waals surface area contributed by atoms with Crippen LogP contribution in [-0.4, -0.2) is 5.11 Å². The van der Waals surface area contributed by atoms with Crippen LogP contribution in [0, 0.1) is 5.82 Å². The summed E-state index contributed by atoms with van der Waals surface area (Å²) >= 11 is 0. The number of benzene rings is 2. The van der Waals surface area contributed by atoms with Gasteiger partial charge in [0, 0.05) is 12.0 Å². The van der Waals surface area contributed by atoms with Crippen molar-refractivity contribution in [1.29, 1.82) is 0 Å². The molecule has 0 spiro atoms. The van der Waals surface area contributed by atoms with E-state index in [0.29, 0.717) is 6.42 Å². The molecule has 0 fully saturated rings. The first kappa shape index (κ1) is 16.0. The molecule has 0 radical (unpaired) electrons. The fourth-order valence-corrected chi connectivity index (χ4v) is 2.90. The van der Waals surface area contributed by atoms with Crippen LogP contribution in [0.15, 0.2) is 69.9 Å². The second kappa shape index (κ2) is 6.71. The van der Waals surface area contributed by atoms with Crippen LogP contribution in [0.25, 0.3) is 11.3 Å². The van der Waals surface area contributed by atoms with Crippen LogP contribution in [0.2, 0.25) is 0 Å². The van der Waals surface area contributed by atoms with Crippen LogP contribution in [0.5, 0.6) is 5.75 Å². The van der Waals surface area contributed by atoms with E-state index < -0.39 is 11.4 Å². The summed E-state index contributed by atoms with van der Waals surface area (Å²) in [7, 11) is 0. The Balaban J connectivity index is 2.11. The van der Waals surface area contributed by atoms with Gasteiger partial charge < -0.3 is 9.52 Å². The summed E-state index contributed by atoms with van der Waals surface area (Å²) in [4.78, 5) is 12.5. The van der Waals surface area contributed by atoms with E-state index in [-0.39, 0.29) is 28.6 Å². The predicted octanol–water partition coefficient (Wildman–Crippen LogP) is 4.69. The Bertz CT molecular complexity index is 900. The van der Waals surface area contributed by atoms with Gasteiger partial charge in [-0.2, -0.15) is 0 Å². The van der Waals surface area contributed by atoms with Crippen molar-refractivity contribution in [3.05, 3.63) is 88.0 Å². The van der Waals surface area contributed by atoms with Gasteiger partial charge >= 0.3 is 5.63 Å². The molecule has 2 aromatic carbocycles. The summed E-state index contributed by atoms with van der Waals surface area (Å²) in [5, 5.41) is 10.4. The van der Waals surface area contributed by atoms with Gasteiger partial charge in [-0.3, -0.25) is 0 Å². The fourth-order valence-electron chi connectivity index (χ4n) is 2.90. The van der Waals surface area contributed by atoms with E-state index >= 15 is 0 Å². The molecule has 3 aromatic rings.